The van der Waals surface area contributed by atoms with E-state index in [0.717, 1.165) is 18.4 Å². The van der Waals surface area contributed by atoms with E-state index in [1.165, 1.54) is 17.5 Å². The molecule has 1 N–H and O–H groups in total. The summed E-state index contributed by atoms with van der Waals surface area (Å²) >= 11 is 0. The van der Waals surface area contributed by atoms with Crippen molar-refractivity contribution in [2.45, 2.75) is 19.3 Å². The molecule has 0 atom stereocenters. The second-order valence-electron chi connectivity index (χ2n) is 3.49. The molecule has 1 aromatic heterocycles. The van der Waals surface area contributed by atoms with E-state index in [-0.39, 0.29) is 5.76 Å². The Hall–Kier alpha value is -1.51. The molecule has 1 aliphatic rings. The number of hydrogen-bond acceptors (Lipinski definition) is 2. The zero-order valence-electron chi connectivity index (χ0n) is 7.09. The van der Waals surface area contributed by atoms with Crippen LogP contribution in [0.1, 0.15) is 17.5 Å². The van der Waals surface area contributed by atoms with Crippen molar-refractivity contribution in [1.82, 2.24) is 4.98 Å². The van der Waals surface area contributed by atoms with Crippen molar-refractivity contribution in [1.29, 1.82) is 0 Å². The summed E-state index contributed by atoms with van der Waals surface area (Å²) in [5.74, 6) is -0.362. The first kappa shape index (κ1) is 6.95. The largest absolute Gasteiger partial charge is 0.417 e. The van der Waals surface area contributed by atoms with Gasteiger partial charge in [0.2, 0.25) is 0 Å². The van der Waals surface area contributed by atoms with Crippen molar-refractivity contribution < 1.29 is 4.42 Å². The number of nitrogens with one attached hydrogen (secondary N) is 1. The van der Waals surface area contributed by atoms with Gasteiger partial charge in [-0.3, -0.25) is 4.98 Å². The van der Waals surface area contributed by atoms with Crippen molar-refractivity contribution in [3.05, 3.63) is 33.8 Å². The van der Waals surface area contributed by atoms with Crippen LogP contribution in [0.15, 0.2) is 21.3 Å². The highest BCUT2D eigenvalue weighted by Crippen LogP contribution is 2.25. The summed E-state index contributed by atoms with van der Waals surface area (Å²) in [6, 6.07) is 4.01. The molecule has 0 unspecified atom stereocenters. The summed E-state index contributed by atoms with van der Waals surface area (Å²) < 4.78 is 4.98. The topological polar surface area (TPSA) is 46.0 Å². The number of aromatic amines is 1. The molecule has 0 spiro atoms. The van der Waals surface area contributed by atoms with Crippen molar-refractivity contribution in [3.63, 3.8) is 0 Å². The number of oxazole rings is 1. The van der Waals surface area contributed by atoms with Crippen molar-refractivity contribution in [2.24, 2.45) is 0 Å². The Bertz CT molecular complexity index is 477. The average molecular weight is 175 g/mol. The number of rotatable bonds is 0. The van der Waals surface area contributed by atoms with Crippen LogP contribution in [0.25, 0.3) is 11.1 Å². The Balaban J connectivity index is 2.41. The fraction of sp³-hybridized carbons (Fsp3) is 0.300. The van der Waals surface area contributed by atoms with E-state index >= 15 is 0 Å². The molecule has 3 nitrogen and oxygen atoms in total. The fourth-order valence-corrected chi connectivity index (χ4v) is 2.02. The predicted molar refractivity (Wildman–Crippen MR) is 48.9 cm³/mol. The third-order valence-electron chi connectivity index (χ3n) is 2.63. The molecule has 13 heavy (non-hydrogen) atoms. The number of fused-ring (bicyclic) bond motifs is 2. The average Bonchev–Trinajstić information content (AvgIpc) is 2.63. The highest BCUT2D eigenvalue weighted by molar-refractivity contribution is 5.74. The molecular formula is C10H9NO2. The summed E-state index contributed by atoms with van der Waals surface area (Å²) in [4.78, 5) is 13.6. The highest BCUT2D eigenvalue weighted by atomic mass is 16.4. The van der Waals surface area contributed by atoms with Crippen LogP contribution < -0.4 is 5.76 Å². The molecule has 66 valence electrons. The van der Waals surface area contributed by atoms with Gasteiger partial charge in [0.25, 0.3) is 0 Å². The minimum atomic E-state index is -0.362. The van der Waals surface area contributed by atoms with Gasteiger partial charge in [0.05, 0.1) is 5.52 Å². The van der Waals surface area contributed by atoms with Crippen molar-refractivity contribution >= 4 is 11.1 Å². The van der Waals surface area contributed by atoms with E-state index in [2.05, 4.69) is 4.98 Å². The molecule has 2 aromatic rings. The number of benzene rings is 1. The Morgan fingerprint density at radius 2 is 2.00 bits per heavy atom. The van der Waals surface area contributed by atoms with Gasteiger partial charge < -0.3 is 4.42 Å². The third-order valence-corrected chi connectivity index (χ3v) is 2.63. The first-order chi connectivity index (χ1) is 6.33. The second kappa shape index (κ2) is 2.25. The van der Waals surface area contributed by atoms with Crippen LogP contribution in [-0.4, -0.2) is 4.98 Å². The lowest BCUT2D eigenvalue weighted by Crippen LogP contribution is -1.92. The third kappa shape index (κ3) is 0.932. The Morgan fingerprint density at radius 1 is 1.23 bits per heavy atom. The van der Waals surface area contributed by atoms with E-state index in [4.69, 9.17) is 4.42 Å². The van der Waals surface area contributed by atoms with Gasteiger partial charge >= 0.3 is 5.76 Å². The molecule has 0 fully saturated rings. The number of aryl methyl sites for hydroxylation is 2. The minimum Gasteiger partial charge on any atom is -0.408 e. The number of aromatic nitrogens is 1. The van der Waals surface area contributed by atoms with Crippen molar-refractivity contribution in [2.75, 3.05) is 0 Å². The molecule has 3 heteroatoms. The molecule has 0 aliphatic heterocycles. The smallest absolute Gasteiger partial charge is 0.408 e. The Labute approximate surface area is 74.4 Å². The van der Waals surface area contributed by atoms with Crippen LogP contribution in [0.4, 0.5) is 0 Å². The van der Waals surface area contributed by atoms with Gasteiger partial charge in [-0.15, -0.1) is 0 Å². The zero-order chi connectivity index (χ0) is 8.84. The maximum atomic E-state index is 10.9. The van der Waals surface area contributed by atoms with E-state index in [1.807, 2.05) is 12.1 Å². The molecule has 0 radical (unpaired) electrons. The van der Waals surface area contributed by atoms with Gasteiger partial charge in [0.15, 0.2) is 5.58 Å². The molecule has 0 amide bonds. The van der Waals surface area contributed by atoms with E-state index < -0.39 is 0 Å². The van der Waals surface area contributed by atoms with E-state index in [0.29, 0.717) is 5.58 Å². The van der Waals surface area contributed by atoms with Gasteiger partial charge in [-0.2, -0.15) is 0 Å². The van der Waals surface area contributed by atoms with Gasteiger partial charge in [-0.05, 0) is 42.5 Å². The predicted octanol–water partition coefficient (Wildman–Crippen LogP) is 1.61. The molecule has 0 saturated heterocycles. The van der Waals surface area contributed by atoms with E-state index in [1.54, 1.807) is 0 Å². The van der Waals surface area contributed by atoms with Gasteiger partial charge in [0.1, 0.15) is 0 Å². The molecule has 0 saturated carbocycles. The SMILES string of the molecule is O=c1[nH]c2cc3c(cc2o1)CCC3. The fourth-order valence-electron chi connectivity index (χ4n) is 2.02. The first-order valence-corrected chi connectivity index (χ1v) is 4.47. The van der Waals surface area contributed by atoms with Crippen LogP contribution in [0, 0.1) is 0 Å². The maximum Gasteiger partial charge on any atom is 0.417 e. The molecule has 3 rings (SSSR count). The Morgan fingerprint density at radius 3 is 2.85 bits per heavy atom. The molecule has 1 aromatic carbocycles. The molecular weight excluding hydrogens is 166 g/mol. The quantitative estimate of drug-likeness (QED) is 0.661. The van der Waals surface area contributed by atoms with Crippen molar-refractivity contribution in [3.8, 4) is 0 Å². The zero-order valence-corrected chi connectivity index (χ0v) is 7.09. The van der Waals surface area contributed by atoms with Gasteiger partial charge in [-0.1, -0.05) is 0 Å². The van der Waals surface area contributed by atoms with Gasteiger partial charge in [0, 0.05) is 0 Å². The lowest BCUT2D eigenvalue weighted by Gasteiger charge is -1.96. The normalized spacial score (nSPS) is 15.1. The lowest BCUT2D eigenvalue weighted by molar-refractivity contribution is 0.555. The highest BCUT2D eigenvalue weighted by Gasteiger charge is 2.13. The van der Waals surface area contributed by atoms with Crippen LogP contribution in [0.3, 0.4) is 0 Å². The number of hydrogen-bond donors (Lipinski definition) is 1. The molecule has 1 aliphatic carbocycles. The van der Waals surface area contributed by atoms with Crippen LogP contribution in [-0.2, 0) is 12.8 Å². The summed E-state index contributed by atoms with van der Waals surface area (Å²) in [5, 5.41) is 0. The first-order valence-electron chi connectivity index (χ1n) is 4.47. The standard InChI is InChI=1S/C10H9NO2/c12-10-11-8-4-6-2-1-3-7(6)5-9(8)13-10/h4-5H,1-3H2,(H,11,12). The minimum absolute atomic E-state index is 0.362. The summed E-state index contributed by atoms with van der Waals surface area (Å²) in [6.45, 7) is 0. The monoisotopic (exact) mass is 175 g/mol. The van der Waals surface area contributed by atoms with Crippen LogP contribution in [0.2, 0.25) is 0 Å². The van der Waals surface area contributed by atoms with Gasteiger partial charge in [-0.25, -0.2) is 4.79 Å². The second-order valence-corrected chi connectivity index (χ2v) is 3.49. The van der Waals surface area contributed by atoms with Crippen LogP contribution in [0.5, 0.6) is 0 Å². The van der Waals surface area contributed by atoms with E-state index in [9.17, 15) is 4.79 Å². The van der Waals surface area contributed by atoms with Crippen LogP contribution >= 0.6 is 0 Å². The molecule has 1 heterocycles. The molecule has 0 bridgehead atoms. The number of H-pyrrole nitrogens is 1. The summed E-state index contributed by atoms with van der Waals surface area (Å²) in [5.41, 5.74) is 4.19. The summed E-state index contributed by atoms with van der Waals surface area (Å²) in [7, 11) is 0. The maximum absolute atomic E-state index is 10.9. The lowest BCUT2D eigenvalue weighted by atomic mass is 10.1. The summed E-state index contributed by atoms with van der Waals surface area (Å²) in [6.07, 6.45) is 3.45. The Kier molecular flexibility index (Phi) is 1.20.